The van der Waals surface area contributed by atoms with Crippen LogP contribution in [0, 0.1) is 6.92 Å². The van der Waals surface area contributed by atoms with E-state index in [1.807, 2.05) is 35.5 Å². The highest BCUT2D eigenvalue weighted by Gasteiger charge is 2.09. The van der Waals surface area contributed by atoms with Gasteiger partial charge in [-0.25, -0.2) is 9.13 Å². The quantitative estimate of drug-likeness (QED) is 0.650. The van der Waals surface area contributed by atoms with Crippen molar-refractivity contribution in [1.82, 2.24) is 4.57 Å². The molecule has 1 atom stereocenters. The molecule has 1 aromatic heterocycles. The van der Waals surface area contributed by atoms with Gasteiger partial charge in [-0.15, -0.1) is 0 Å². The zero-order valence-electron chi connectivity index (χ0n) is 7.28. The molecule has 1 rings (SSSR count). The maximum atomic E-state index is 9.11. The van der Waals surface area contributed by atoms with Crippen LogP contribution in [0.2, 0.25) is 0 Å². The van der Waals surface area contributed by atoms with Gasteiger partial charge in [0.1, 0.15) is 18.9 Å². The van der Waals surface area contributed by atoms with Crippen molar-refractivity contribution >= 4 is 0 Å². The summed E-state index contributed by atoms with van der Waals surface area (Å²) in [6.45, 7) is 4.49. The summed E-state index contributed by atoms with van der Waals surface area (Å²) in [5, 5.41) is 9.11. The molecule has 0 aliphatic heterocycles. The molecule has 1 N–H and O–H groups in total. The fourth-order valence-electron chi connectivity index (χ4n) is 1.08. The van der Waals surface area contributed by atoms with Gasteiger partial charge in [-0.3, -0.25) is 0 Å². The number of imidazole rings is 1. The lowest BCUT2D eigenvalue weighted by Crippen LogP contribution is -2.30. The second-order valence-electron chi connectivity index (χ2n) is 2.96. The van der Waals surface area contributed by atoms with Crippen LogP contribution in [0.25, 0.3) is 0 Å². The van der Waals surface area contributed by atoms with Gasteiger partial charge in [0, 0.05) is 6.92 Å². The predicted molar refractivity (Wildman–Crippen MR) is 48.8 cm³/mol. The molecule has 1 heterocycles. The van der Waals surface area contributed by atoms with Crippen molar-refractivity contribution in [3.05, 3.63) is 18.2 Å². The molecule has 0 aliphatic carbocycles. The first-order chi connectivity index (χ1) is 5.11. The first kappa shape index (κ1) is 11.2. The molecule has 1 unspecified atom stereocenters. The first-order valence-corrected chi connectivity index (χ1v) is 3.80. The van der Waals surface area contributed by atoms with Crippen molar-refractivity contribution in [3.63, 3.8) is 0 Å². The lowest BCUT2D eigenvalue weighted by atomic mass is 10.4. The summed E-state index contributed by atoms with van der Waals surface area (Å²) in [4.78, 5) is 0. The Morgan fingerprint density at radius 3 is 2.58 bits per heavy atom. The molecule has 3 heteroatoms. The molecule has 12 heavy (non-hydrogen) atoms. The third kappa shape index (κ3) is 2.34. The number of aliphatic hydroxyl groups is 1. The highest BCUT2D eigenvalue weighted by atomic mass is 16.3. The minimum Gasteiger partial charge on any atom is -0.389 e. The van der Waals surface area contributed by atoms with Crippen LogP contribution < -0.4 is 4.57 Å². The first-order valence-electron chi connectivity index (χ1n) is 3.80. The highest BCUT2D eigenvalue weighted by molar-refractivity contribution is 4.79. The molecule has 0 radical (unpaired) electrons. The molecule has 0 amide bonds. The molecule has 70 valence electrons. The summed E-state index contributed by atoms with van der Waals surface area (Å²) >= 11 is 0. The van der Waals surface area contributed by atoms with Crippen molar-refractivity contribution in [2.24, 2.45) is 7.05 Å². The number of hydrogen-bond donors (Lipinski definition) is 1. The summed E-state index contributed by atoms with van der Waals surface area (Å²) in [7, 11) is 1.99. The van der Waals surface area contributed by atoms with Crippen molar-refractivity contribution < 1.29 is 9.67 Å². The van der Waals surface area contributed by atoms with Crippen LogP contribution in [-0.4, -0.2) is 15.8 Å². The van der Waals surface area contributed by atoms with Crippen LogP contribution in [0.1, 0.15) is 20.2 Å². The summed E-state index contributed by atoms with van der Waals surface area (Å²) < 4.78 is 4.06. The van der Waals surface area contributed by atoms with Crippen molar-refractivity contribution in [2.45, 2.75) is 33.9 Å². The molecule has 0 aromatic carbocycles. The van der Waals surface area contributed by atoms with Crippen LogP contribution in [0.5, 0.6) is 0 Å². The average molecular weight is 171 g/mol. The van der Waals surface area contributed by atoms with Gasteiger partial charge in [0.25, 0.3) is 5.82 Å². The molecular formula is C9H19N2O+. The molecule has 1 aromatic rings. The summed E-state index contributed by atoms with van der Waals surface area (Å²) in [6.07, 6.45) is 3.68. The van der Waals surface area contributed by atoms with E-state index in [1.165, 1.54) is 0 Å². The Morgan fingerprint density at radius 2 is 2.25 bits per heavy atom. The molecule has 3 nitrogen and oxygen atoms in total. The van der Waals surface area contributed by atoms with Gasteiger partial charge in [0.15, 0.2) is 0 Å². The van der Waals surface area contributed by atoms with E-state index in [9.17, 15) is 0 Å². The van der Waals surface area contributed by atoms with Gasteiger partial charge in [-0.05, 0) is 6.92 Å². The van der Waals surface area contributed by atoms with Crippen LogP contribution in [0.15, 0.2) is 12.4 Å². The maximum absolute atomic E-state index is 9.11. The van der Waals surface area contributed by atoms with Gasteiger partial charge in [-0.2, -0.15) is 0 Å². The largest absolute Gasteiger partial charge is 0.389 e. The van der Waals surface area contributed by atoms with E-state index < -0.39 is 0 Å². The zero-order chi connectivity index (χ0) is 8.43. The Balaban J connectivity index is 0.00000121. The highest BCUT2D eigenvalue weighted by Crippen LogP contribution is 1.94. The third-order valence-electron chi connectivity index (χ3n) is 1.86. The molecular weight excluding hydrogens is 152 g/mol. The number of aliphatic hydroxyl groups excluding tert-OH is 1. The number of aromatic nitrogens is 2. The van der Waals surface area contributed by atoms with Crippen LogP contribution >= 0.6 is 0 Å². The molecule has 0 fully saturated rings. The van der Waals surface area contributed by atoms with Gasteiger partial charge >= 0.3 is 0 Å². The van der Waals surface area contributed by atoms with Crippen molar-refractivity contribution in [2.75, 3.05) is 0 Å². The van der Waals surface area contributed by atoms with Gasteiger partial charge in [0.05, 0.1) is 13.2 Å². The van der Waals surface area contributed by atoms with Crippen LogP contribution in [-0.2, 0) is 13.6 Å². The Labute approximate surface area is 74.3 Å². The fourth-order valence-corrected chi connectivity index (χ4v) is 1.08. The Kier molecular flexibility index (Phi) is 3.96. The van der Waals surface area contributed by atoms with E-state index in [-0.39, 0.29) is 13.5 Å². The van der Waals surface area contributed by atoms with E-state index in [1.54, 1.807) is 6.92 Å². The fraction of sp³-hybridized carbons (Fsp3) is 0.667. The molecule has 0 saturated carbocycles. The Morgan fingerprint density at radius 1 is 1.67 bits per heavy atom. The maximum Gasteiger partial charge on any atom is 0.253 e. The van der Waals surface area contributed by atoms with Crippen LogP contribution in [0.4, 0.5) is 0 Å². The summed E-state index contributed by atoms with van der Waals surface area (Å²) in [5.41, 5.74) is 0. The number of aryl methyl sites for hydroxylation is 1. The summed E-state index contributed by atoms with van der Waals surface area (Å²) in [6, 6.07) is 0. The lowest BCUT2D eigenvalue weighted by Gasteiger charge is -2.00. The normalized spacial score (nSPS) is 12.3. The zero-order valence-corrected chi connectivity index (χ0v) is 7.28. The SMILES string of the molecule is C.Cc1n(CC(C)O)cc[n+]1C. The van der Waals surface area contributed by atoms with Crippen molar-refractivity contribution in [3.8, 4) is 0 Å². The third-order valence-corrected chi connectivity index (χ3v) is 1.86. The second kappa shape index (κ2) is 4.26. The molecule has 0 spiro atoms. The Bertz CT molecular complexity index is 241. The lowest BCUT2D eigenvalue weighted by molar-refractivity contribution is -0.677. The van der Waals surface area contributed by atoms with E-state index >= 15 is 0 Å². The number of nitrogens with zero attached hydrogens (tertiary/aromatic N) is 2. The smallest absolute Gasteiger partial charge is 0.253 e. The van der Waals surface area contributed by atoms with Gasteiger partial charge < -0.3 is 5.11 Å². The standard InChI is InChI=1S/C8H15N2O.CH4/c1-7(11)6-10-5-4-9(3)8(10)2;/h4-5,7,11H,6H2,1-3H3;1H4/q+1;. The van der Waals surface area contributed by atoms with Crippen molar-refractivity contribution in [1.29, 1.82) is 0 Å². The van der Waals surface area contributed by atoms with Gasteiger partial charge in [0.2, 0.25) is 0 Å². The number of rotatable bonds is 2. The molecule has 0 aliphatic rings. The Hall–Kier alpha value is -0.830. The predicted octanol–water partition coefficient (Wildman–Crippen LogP) is 0.638. The van der Waals surface area contributed by atoms with E-state index in [4.69, 9.17) is 5.11 Å². The second-order valence-corrected chi connectivity index (χ2v) is 2.96. The topological polar surface area (TPSA) is 29.0 Å². The number of hydrogen-bond acceptors (Lipinski definition) is 1. The average Bonchev–Trinajstić information content (AvgIpc) is 2.18. The molecule has 0 bridgehead atoms. The van der Waals surface area contributed by atoms with Crippen LogP contribution in [0.3, 0.4) is 0 Å². The van der Waals surface area contributed by atoms with E-state index in [0.29, 0.717) is 6.54 Å². The van der Waals surface area contributed by atoms with E-state index in [0.717, 1.165) is 5.82 Å². The minimum atomic E-state index is -0.277. The summed E-state index contributed by atoms with van der Waals surface area (Å²) in [5.74, 6) is 1.16. The van der Waals surface area contributed by atoms with E-state index in [2.05, 4.69) is 0 Å². The monoisotopic (exact) mass is 171 g/mol. The molecule has 0 saturated heterocycles. The van der Waals surface area contributed by atoms with Gasteiger partial charge in [-0.1, -0.05) is 7.43 Å². The minimum absolute atomic E-state index is 0.